The van der Waals surface area contributed by atoms with Crippen molar-refractivity contribution in [3.05, 3.63) is 47.5 Å². The van der Waals surface area contributed by atoms with Gasteiger partial charge in [-0.2, -0.15) is 0 Å². The van der Waals surface area contributed by atoms with Gasteiger partial charge in [0.1, 0.15) is 12.2 Å². The van der Waals surface area contributed by atoms with Crippen molar-refractivity contribution in [3.8, 4) is 0 Å². The molecule has 6 nitrogen and oxygen atoms in total. The maximum Gasteiger partial charge on any atom is 0.191 e. The van der Waals surface area contributed by atoms with Gasteiger partial charge in [-0.05, 0) is 36.8 Å². The zero-order valence-electron chi connectivity index (χ0n) is 17.7. The first-order valence-electron chi connectivity index (χ1n) is 10.7. The molecule has 29 heavy (non-hydrogen) atoms. The maximum absolute atomic E-state index is 4.85. The lowest BCUT2D eigenvalue weighted by Gasteiger charge is -2.23. The van der Waals surface area contributed by atoms with E-state index in [1.165, 1.54) is 43.2 Å². The summed E-state index contributed by atoms with van der Waals surface area (Å²) in [6, 6.07) is 8.46. The number of nitrogens with one attached hydrogen (secondary N) is 2. The molecule has 1 fully saturated rings. The van der Waals surface area contributed by atoms with Crippen LogP contribution in [0.3, 0.4) is 0 Å². The van der Waals surface area contributed by atoms with Crippen molar-refractivity contribution < 1.29 is 0 Å². The van der Waals surface area contributed by atoms with Crippen molar-refractivity contribution in [2.75, 3.05) is 13.1 Å². The molecule has 1 saturated carbocycles. The predicted octanol–water partition coefficient (Wildman–Crippen LogP) is 4.08. The van der Waals surface area contributed by atoms with Crippen molar-refractivity contribution in [1.29, 1.82) is 0 Å². The minimum Gasteiger partial charge on any atom is -0.356 e. The predicted molar refractivity (Wildman–Crippen MR) is 130 cm³/mol. The second-order valence-corrected chi connectivity index (χ2v) is 7.70. The smallest absolute Gasteiger partial charge is 0.191 e. The van der Waals surface area contributed by atoms with Gasteiger partial charge in [0.25, 0.3) is 0 Å². The van der Waals surface area contributed by atoms with Crippen LogP contribution in [0.5, 0.6) is 0 Å². The zero-order chi connectivity index (χ0) is 19.6. The highest BCUT2D eigenvalue weighted by Crippen LogP contribution is 2.22. The van der Waals surface area contributed by atoms with E-state index in [9.17, 15) is 0 Å². The summed E-state index contributed by atoms with van der Waals surface area (Å²) in [4.78, 5) is 4.85. The molecule has 0 saturated heterocycles. The number of rotatable bonds is 8. The first kappa shape index (κ1) is 23.6. The average Bonchev–Trinajstić information content (AvgIpc) is 3.19. The summed E-state index contributed by atoms with van der Waals surface area (Å²) in [7, 11) is 0. The van der Waals surface area contributed by atoms with E-state index < -0.39 is 0 Å². The van der Waals surface area contributed by atoms with Gasteiger partial charge in [-0.25, -0.2) is 4.99 Å². The lowest BCUT2D eigenvalue weighted by Crippen LogP contribution is -2.41. The number of aliphatic imine (C=N–C) groups is 1. The lowest BCUT2D eigenvalue weighted by molar-refractivity contribution is 0.355. The van der Waals surface area contributed by atoms with Crippen molar-refractivity contribution in [1.82, 2.24) is 25.4 Å². The second-order valence-electron chi connectivity index (χ2n) is 7.70. The van der Waals surface area contributed by atoms with E-state index in [1.54, 1.807) is 6.33 Å². The SMILES string of the molecule is CCc1nncn1CCNC(=NCc1ccccc1C)NCC1CCCCC1.I. The number of aromatic nitrogens is 3. The van der Waals surface area contributed by atoms with Gasteiger partial charge in [-0.3, -0.25) is 0 Å². The number of halogens is 1. The molecule has 160 valence electrons. The molecule has 2 aromatic rings. The molecule has 0 bridgehead atoms. The number of hydrogen-bond donors (Lipinski definition) is 2. The van der Waals surface area contributed by atoms with Gasteiger partial charge in [0.05, 0.1) is 6.54 Å². The molecule has 1 heterocycles. The summed E-state index contributed by atoms with van der Waals surface area (Å²) >= 11 is 0. The van der Waals surface area contributed by atoms with Gasteiger partial charge >= 0.3 is 0 Å². The van der Waals surface area contributed by atoms with Crippen LogP contribution in [0.25, 0.3) is 0 Å². The van der Waals surface area contributed by atoms with Crippen LogP contribution in [0, 0.1) is 12.8 Å². The molecule has 1 aliphatic carbocycles. The van der Waals surface area contributed by atoms with Crippen molar-refractivity contribution in [2.24, 2.45) is 10.9 Å². The zero-order valence-corrected chi connectivity index (χ0v) is 20.1. The number of benzene rings is 1. The summed E-state index contributed by atoms with van der Waals surface area (Å²) < 4.78 is 2.10. The fraction of sp³-hybridized carbons (Fsp3) is 0.591. The Bertz CT molecular complexity index is 751. The first-order chi connectivity index (χ1) is 13.8. The topological polar surface area (TPSA) is 67.1 Å². The molecule has 1 aliphatic rings. The van der Waals surface area contributed by atoms with E-state index in [1.807, 2.05) is 0 Å². The third kappa shape index (κ3) is 7.60. The van der Waals surface area contributed by atoms with Crippen LogP contribution in [0.4, 0.5) is 0 Å². The fourth-order valence-corrected chi connectivity index (χ4v) is 3.79. The van der Waals surface area contributed by atoms with Crippen molar-refractivity contribution >= 4 is 29.9 Å². The molecule has 3 rings (SSSR count). The summed E-state index contributed by atoms with van der Waals surface area (Å²) in [6.07, 6.45) is 9.49. The van der Waals surface area contributed by atoms with Crippen LogP contribution < -0.4 is 10.6 Å². The molecule has 0 aliphatic heterocycles. The third-order valence-corrected chi connectivity index (χ3v) is 5.61. The highest BCUT2D eigenvalue weighted by atomic mass is 127. The van der Waals surface area contributed by atoms with E-state index in [-0.39, 0.29) is 24.0 Å². The lowest BCUT2D eigenvalue weighted by atomic mass is 9.89. The van der Waals surface area contributed by atoms with Crippen molar-refractivity contribution in [2.45, 2.75) is 65.5 Å². The Labute approximate surface area is 192 Å². The van der Waals surface area contributed by atoms with Gasteiger partial charge in [0.2, 0.25) is 0 Å². The Kier molecular flexibility index (Phi) is 10.5. The molecule has 1 aromatic heterocycles. The average molecular weight is 510 g/mol. The van der Waals surface area contributed by atoms with Gasteiger partial charge in [-0.15, -0.1) is 34.2 Å². The van der Waals surface area contributed by atoms with E-state index >= 15 is 0 Å². The molecule has 0 spiro atoms. The van der Waals surface area contributed by atoms with E-state index in [0.29, 0.717) is 6.54 Å². The van der Waals surface area contributed by atoms with Crippen LogP contribution in [-0.4, -0.2) is 33.8 Å². The molecule has 0 atom stereocenters. The molecule has 0 amide bonds. The summed E-state index contributed by atoms with van der Waals surface area (Å²) in [5.41, 5.74) is 2.56. The minimum absolute atomic E-state index is 0. The van der Waals surface area contributed by atoms with Crippen molar-refractivity contribution in [3.63, 3.8) is 0 Å². The maximum atomic E-state index is 4.85. The summed E-state index contributed by atoms with van der Waals surface area (Å²) in [6.45, 7) is 7.59. The first-order valence-corrected chi connectivity index (χ1v) is 10.7. The molecule has 7 heteroatoms. The van der Waals surface area contributed by atoms with E-state index in [4.69, 9.17) is 4.99 Å². The quantitative estimate of drug-likeness (QED) is 0.319. The van der Waals surface area contributed by atoms with Crippen LogP contribution >= 0.6 is 24.0 Å². The summed E-state index contributed by atoms with van der Waals surface area (Å²) in [5, 5.41) is 15.3. The monoisotopic (exact) mass is 510 g/mol. The Hall–Kier alpha value is -1.64. The Morgan fingerprint density at radius 2 is 1.97 bits per heavy atom. The number of nitrogens with zero attached hydrogens (tertiary/aromatic N) is 4. The fourth-order valence-electron chi connectivity index (χ4n) is 3.79. The molecular weight excluding hydrogens is 475 g/mol. The number of hydrogen-bond acceptors (Lipinski definition) is 3. The molecule has 0 radical (unpaired) electrons. The third-order valence-electron chi connectivity index (χ3n) is 5.61. The molecule has 1 aromatic carbocycles. The molecular formula is C22H35IN6. The van der Waals surface area contributed by atoms with Crippen LogP contribution in [0.1, 0.15) is 56.0 Å². The molecule has 2 N–H and O–H groups in total. The highest BCUT2D eigenvalue weighted by Gasteiger charge is 2.13. The Balaban J connectivity index is 0.00000300. The Morgan fingerprint density at radius 3 is 2.72 bits per heavy atom. The summed E-state index contributed by atoms with van der Waals surface area (Å²) in [5.74, 6) is 2.69. The Morgan fingerprint density at radius 1 is 1.17 bits per heavy atom. The van der Waals surface area contributed by atoms with E-state index in [0.717, 1.165) is 43.8 Å². The number of aryl methyl sites for hydroxylation is 2. The van der Waals surface area contributed by atoms with Crippen LogP contribution in [-0.2, 0) is 19.5 Å². The van der Waals surface area contributed by atoms with Crippen LogP contribution in [0.2, 0.25) is 0 Å². The standard InChI is InChI=1S/C22H34N6.HI/c1-3-21-27-26-17-28(21)14-13-23-22(24-15-19-10-5-4-6-11-19)25-16-20-12-8-7-9-18(20)2;/h7-9,12,17,19H,3-6,10-11,13-16H2,1-2H3,(H2,23,24,25);1H. The number of guanidine groups is 1. The minimum atomic E-state index is 0. The van der Waals surface area contributed by atoms with E-state index in [2.05, 4.69) is 63.5 Å². The normalized spacial score (nSPS) is 15.0. The van der Waals surface area contributed by atoms with Gasteiger partial charge < -0.3 is 15.2 Å². The second kappa shape index (κ2) is 12.8. The van der Waals surface area contributed by atoms with Gasteiger partial charge in [-0.1, -0.05) is 50.5 Å². The van der Waals surface area contributed by atoms with Gasteiger partial charge in [0.15, 0.2) is 5.96 Å². The van der Waals surface area contributed by atoms with Crippen LogP contribution in [0.15, 0.2) is 35.6 Å². The molecule has 0 unspecified atom stereocenters. The highest BCUT2D eigenvalue weighted by molar-refractivity contribution is 14.0. The van der Waals surface area contributed by atoms with Gasteiger partial charge in [0, 0.05) is 26.1 Å². The largest absolute Gasteiger partial charge is 0.356 e.